The maximum Gasteiger partial charge on any atom is 0.174 e. The highest BCUT2D eigenvalue weighted by molar-refractivity contribution is 5.81. The fourth-order valence-electron chi connectivity index (χ4n) is 0.966. The molecule has 0 saturated carbocycles. The number of hydrogen-bond acceptors (Lipinski definition) is 4. The second-order valence-electron chi connectivity index (χ2n) is 2.89. The lowest BCUT2D eigenvalue weighted by Gasteiger charge is -1.96. The van der Waals surface area contributed by atoms with E-state index in [1.54, 1.807) is 6.07 Å². The van der Waals surface area contributed by atoms with Gasteiger partial charge in [-0.15, -0.1) is 0 Å². The van der Waals surface area contributed by atoms with Gasteiger partial charge in [0.05, 0.1) is 0 Å². The SMILES string of the molecule is N#C/C(N)=C(C#N)\N=C\c1cccc(F)c1F. The summed E-state index contributed by atoms with van der Waals surface area (Å²) >= 11 is 0. The first-order valence-corrected chi connectivity index (χ1v) is 4.38. The second-order valence-corrected chi connectivity index (χ2v) is 2.89. The average molecular weight is 232 g/mol. The van der Waals surface area contributed by atoms with Crippen LogP contribution in [0.4, 0.5) is 8.78 Å². The van der Waals surface area contributed by atoms with Gasteiger partial charge in [-0.2, -0.15) is 10.5 Å². The Bertz CT molecular complexity index is 576. The second kappa shape index (κ2) is 5.38. The molecule has 0 aromatic heterocycles. The van der Waals surface area contributed by atoms with Crippen LogP contribution >= 0.6 is 0 Å². The van der Waals surface area contributed by atoms with Crippen molar-refractivity contribution in [3.63, 3.8) is 0 Å². The summed E-state index contributed by atoms with van der Waals surface area (Å²) in [6, 6.07) is 6.63. The molecule has 4 nitrogen and oxygen atoms in total. The number of halogens is 2. The molecule has 2 N–H and O–H groups in total. The van der Waals surface area contributed by atoms with E-state index in [2.05, 4.69) is 4.99 Å². The maximum absolute atomic E-state index is 13.2. The highest BCUT2D eigenvalue weighted by Crippen LogP contribution is 2.10. The molecule has 84 valence electrons. The summed E-state index contributed by atoms with van der Waals surface area (Å²) in [6.07, 6.45) is 0.932. The molecule has 6 heteroatoms. The number of nitrogens with two attached hydrogens (primary N) is 1. The van der Waals surface area contributed by atoms with Crippen LogP contribution in [0.2, 0.25) is 0 Å². The number of aliphatic imine (C=N–C) groups is 1. The van der Waals surface area contributed by atoms with Crippen molar-refractivity contribution in [3.05, 3.63) is 46.8 Å². The van der Waals surface area contributed by atoms with E-state index in [-0.39, 0.29) is 17.0 Å². The van der Waals surface area contributed by atoms with Gasteiger partial charge in [-0.05, 0) is 6.07 Å². The van der Waals surface area contributed by atoms with Crippen molar-refractivity contribution in [3.8, 4) is 12.1 Å². The Labute approximate surface area is 95.9 Å². The van der Waals surface area contributed by atoms with E-state index >= 15 is 0 Å². The van der Waals surface area contributed by atoms with Crippen LogP contribution < -0.4 is 5.73 Å². The minimum absolute atomic E-state index is 0.136. The van der Waals surface area contributed by atoms with Gasteiger partial charge in [0.25, 0.3) is 0 Å². The monoisotopic (exact) mass is 232 g/mol. The molecule has 0 radical (unpaired) electrons. The van der Waals surface area contributed by atoms with Gasteiger partial charge >= 0.3 is 0 Å². The molecular formula is C11H6F2N4. The van der Waals surface area contributed by atoms with E-state index in [1.165, 1.54) is 18.2 Å². The third-order valence-electron chi connectivity index (χ3n) is 1.80. The molecule has 0 aliphatic carbocycles. The minimum Gasteiger partial charge on any atom is -0.388 e. The van der Waals surface area contributed by atoms with E-state index in [0.29, 0.717) is 0 Å². The van der Waals surface area contributed by atoms with Gasteiger partial charge in [0.2, 0.25) is 0 Å². The lowest BCUT2D eigenvalue weighted by atomic mass is 10.2. The van der Waals surface area contributed by atoms with Gasteiger partial charge in [-0.1, -0.05) is 12.1 Å². The number of allylic oxidation sites excluding steroid dienone is 2. The molecule has 0 heterocycles. The van der Waals surface area contributed by atoms with E-state index in [9.17, 15) is 8.78 Å². The Kier molecular flexibility index (Phi) is 3.91. The van der Waals surface area contributed by atoms with Gasteiger partial charge in [0.15, 0.2) is 17.3 Å². The van der Waals surface area contributed by atoms with Crippen LogP contribution in [-0.2, 0) is 0 Å². The van der Waals surface area contributed by atoms with Crippen molar-refractivity contribution in [2.24, 2.45) is 10.7 Å². The standard InChI is InChI=1S/C11H6F2N4/c12-8-3-1-2-7(11(8)13)6-17-10(5-15)9(16)4-14/h1-3,6H,16H2/b10-9+,17-6+. The molecule has 0 bridgehead atoms. The van der Waals surface area contributed by atoms with Gasteiger partial charge in [0, 0.05) is 11.8 Å². The third-order valence-corrected chi connectivity index (χ3v) is 1.80. The van der Waals surface area contributed by atoms with E-state index in [1.807, 2.05) is 0 Å². The molecule has 0 fully saturated rings. The van der Waals surface area contributed by atoms with Gasteiger partial charge in [0.1, 0.15) is 17.8 Å². The summed E-state index contributed by atoms with van der Waals surface area (Å²) in [6.45, 7) is 0. The van der Waals surface area contributed by atoms with Gasteiger partial charge in [-0.3, -0.25) is 0 Å². The Balaban J connectivity index is 3.12. The normalized spacial score (nSPS) is 11.8. The van der Waals surface area contributed by atoms with E-state index in [0.717, 1.165) is 12.3 Å². The Morgan fingerprint density at radius 2 is 2.00 bits per heavy atom. The third kappa shape index (κ3) is 2.86. The van der Waals surface area contributed by atoms with Crippen LogP contribution in [-0.4, -0.2) is 6.21 Å². The summed E-state index contributed by atoms with van der Waals surface area (Å²) in [5, 5.41) is 17.0. The molecule has 17 heavy (non-hydrogen) atoms. The number of hydrogen-bond donors (Lipinski definition) is 1. The molecule has 1 aromatic carbocycles. The van der Waals surface area contributed by atoms with Crippen LogP contribution in [0.25, 0.3) is 0 Å². The molecule has 0 amide bonds. The topological polar surface area (TPSA) is 86.0 Å². The molecule has 0 aliphatic rings. The van der Waals surface area contributed by atoms with Crippen LogP contribution in [0, 0.1) is 34.3 Å². The van der Waals surface area contributed by atoms with Crippen LogP contribution in [0.5, 0.6) is 0 Å². The van der Waals surface area contributed by atoms with Crippen molar-refractivity contribution in [1.82, 2.24) is 0 Å². The first-order valence-electron chi connectivity index (χ1n) is 4.38. The number of nitrogens with zero attached hydrogens (tertiary/aromatic N) is 3. The first-order chi connectivity index (χ1) is 8.10. The predicted octanol–water partition coefficient (Wildman–Crippen LogP) is 1.60. The first kappa shape index (κ1) is 12.3. The zero-order chi connectivity index (χ0) is 12.8. The largest absolute Gasteiger partial charge is 0.388 e. The van der Waals surface area contributed by atoms with Crippen molar-refractivity contribution >= 4 is 6.21 Å². The van der Waals surface area contributed by atoms with Crippen molar-refractivity contribution in [2.75, 3.05) is 0 Å². The van der Waals surface area contributed by atoms with Crippen molar-refractivity contribution < 1.29 is 8.78 Å². The number of nitriles is 2. The fraction of sp³-hybridized carbons (Fsp3) is 0. The van der Waals surface area contributed by atoms with Crippen LogP contribution in [0.15, 0.2) is 34.6 Å². The summed E-state index contributed by atoms with van der Waals surface area (Å²) in [4.78, 5) is 3.52. The number of rotatable bonds is 2. The quantitative estimate of drug-likeness (QED) is 0.620. The Morgan fingerprint density at radius 1 is 1.29 bits per heavy atom. The highest BCUT2D eigenvalue weighted by atomic mass is 19.2. The maximum atomic E-state index is 13.2. The van der Waals surface area contributed by atoms with Crippen LogP contribution in [0.3, 0.4) is 0 Å². The Morgan fingerprint density at radius 3 is 2.59 bits per heavy atom. The molecule has 0 atom stereocenters. The molecule has 1 rings (SSSR count). The van der Waals surface area contributed by atoms with Crippen molar-refractivity contribution in [2.45, 2.75) is 0 Å². The molecule has 0 aliphatic heterocycles. The fourth-order valence-corrected chi connectivity index (χ4v) is 0.966. The predicted molar refractivity (Wildman–Crippen MR) is 56.4 cm³/mol. The molecule has 1 aromatic rings. The lowest BCUT2D eigenvalue weighted by Crippen LogP contribution is -1.98. The zero-order valence-corrected chi connectivity index (χ0v) is 8.48. The zero-order valence-electron chi connectivity index (χ0n) is 8.48. The summed E-state index contributed by atoms with van der Waals surface area (Å²) in [5.74, 6) is -2.10. The average Bonchev–Trinajstić information content (AvgIpc) is 2.34. The summed E-state index contributed by atoms with van der Waals surface area (Å²) in [7, 11) is 0. The molecule has 0 unspecified atom stereocenters. The molecule has 0 spiro atoms. The van der Waals surface area contributed by atoms with Gasteiger partial charge < -0.3 is 5.73 Å². The van der Waals surface area contributed by atoms with E-state index in [4.69, 9.17) is 16.3 Å². The minimum atomic E-state index is -1.08. The van der Waals surface area contributed by atoms with Gasteiger partial charge in [-0.25, -0.2) is 13.8 Å². The van der Waals surface area contributed by atoms with Crippen molar-refractivity contribution in [1.29, 1.82) is 10.5 Å². The Hall–Kier alpha value is -2.73. The summed E-state index contributed by atoms with van der Waals surface area (Å²) in [5.41, 5.74) is 4.30. The number of benzene rings is 1. The lowest BCUT2D eigenvalue weighted by molar-refractivity contribution is 0.507. The van der Waals surface area contributed by atoms with Crippen LogP contribution in [0.1, 0.15) is 5.56 Å². The van der Waals surface area contributed by atoms with E-state index < -0.39 is 11.6 Å². The highest BCUT2D eigenvalue weighted by Gasteiger charge is 2.05. The smallest absolute Gasteiger partial charge is 0.174 e. The summed E-state index contributed by atoms with van der Waals surface area (Å²) < 4.78 is 26.0. The molecule has 0 saturated heterocycles. The molecular weight excluding hydrogens is 226 g/mol.